The second-order valence-corrected chi connectivity index (χ2v) is 6.12. The van der Waals surface area contributed by atoms with Crippen LogP contribution in [0, 0.1) is 0 Å². The number of pyridine rings is 1. The monoisotopic (exact) mass is 381 g/mol. The Morgan fingerprint density at radius 2 is 2.00 bits per heavy atom. The van der Waals surface area contributed by atoms with Crippen LogP contribution < -0.4 is 10.6 Å². The molecule has 0 amide bonds. The predicted molar refractivity (Wildman–Crippen MR) is 104 cm³/mol. The molecule has 0 unspecified atom stereocenters. The molecule has 0 radical (unpaired) electrons. The molecule has 1 aliphatic rings. The zero-order chi connectivity index (χ0) is 26.7. The summed E-state index contributed by atoms with van der Waals surface area (Å²) in [5, 5.41) is 3.69. The van der Waals surface area contributed by atoms with E-state index in [9.17, 15) is 4.79 Å². The van der Waals surface area contributed by atoms with Crippen LogP contribution in [0.15, 0.2) is 53.3 Å². The number of rotatable bonds is 5. The molecule has 0 bridgehead atoms. The van der Waals surface area contributed by atoms with Gasteiger partial charge in [-0.05, 0) is 36.6 Å². The Labute approximate surface area is 171 Å². The molecule has 26 heavy (non-hydrogen) atoms. The summed E-state index contributed by atoms with van der Waals surface area (Å²) in [4.78, 5) is 16.5. The second kappa shape index (κ2) is 7.51. The van der Waals surface area contributed by atoms with Gasteiger partial charge in [-0.2, -0.15) is 0 Å². The van der Waals surface area contributed by atoms with Gasteiger partial charge < -0.3 is 4.90 Å². The third-order valence-corrected chi connectivity index (χ3v) is 4.33. The van der Waals surface area contributed by atoms with Gasteiger partial charge in [0.15, 0.2) is 5.65 Å². The molecule has 1 saturated heterocycles. The van der Waals surface area contributed by atoms with Crippen molar-refractivity contribution < 1.29 is 13.7 Å². The first-order valence-corrected chi connectivity index (χ1v) is 8.47. The van der Waals surface area contributed by atoms with Crippen molar-refractivity contribution in [3.05, 3.63) is 64.0 Å². The van der Waals surface area contributed by atoms with E-state index in [1.807, 2.05) is 4.90 Å². The van der Waals surface area contributed by atoms with Gasteiger partial charge in [0, 0.05) is 56.1 Å². The van der Waals surface area contributed by atoms with Crippen LogP contribution in [0.2, 0.25) is 5.02 Å². The Morgan fingerprint density at radius 3 is 2.85 bits per heavy atom. The molecule has 6 nitrogen and oxygen atoms in total. The van der Waals surface area contributed by atoms with Gasteiger partial charge in [-0.3, -0.25) is 9.30 Å². The van der Waals surface area contributed by atoms with Crippen molar-refractivity contribution in [3.8, 4) is 0 Å². The van der Waals surface area contributed by atoms with E-state index in [0.29, 0.717) is 35.3 Å². The predicted octanol–water partition coefficient (Wildman–Crippen LogP) is 2.36. The van der Waals surface area contributed by atoms with Crippen LogP contribution in [0.4, 0.5) is 5.69 Å². The highest BCUT2D eigenvalue weighted by Crippen LogP contribution is 2.20. The maximum Gasteiger partial charge on any atom is 0.350 e. The van der Waals surface area contributed by atoms with Crippen LogP contribution in [-0.2, 0) is 6.50 Å². The molecule has 4 rings (SSSR count). The third-order valence-electron chi connectivity index (χ3n) is 4.14. The normalized spacial score (nSPS) is 21.7. The Balaban J connectivity index is 1.49. The molecule has 0 N–H and O–H groups in total. The minimum atomic E-state index is -2.27. The number of benzene rings is 1. The number of hydrogen-bond donors (Lipinski definition) is 0. The molecule has 3 aromatic rings. The Hall–Kier alpha value is -2.31. The van der Waals surface area contributed by atoms with Crippen molar-refractivity contribution in [2.45, 2.75) is 12.9 Å². The molecular weight excluding hydrogens is 350 g/mol. The van der Waals surface area contributed by atoms with E-state index in [0.717, 1.165) is 0 Å². The molecule has 136 valence electrons. The number of anilines is 1. The quantitative estimate of drug-likeness (QED) is 0.680. The molecule has 0 atom stereocenters. The van der Waals surface area contributed by atoms with Gasteiger partial charge in [-0.15, -0.1) is 5.10 Å². The van der Waals surface area contributed by atoms with E-state index in [1.54, 1.807) is 4.90 Å². The van der Waals surface area contributed by atoms with Crippen molar-refractivity contribution in [3.63, 3.8) is 0 Å². The summed E-state index contributed by atoms with van der Waals surface area (Å²) in [6.07, 6.45) is -0.784. The van der Waals surface area contributed by atoms with Gasteiger partial charge in [-0.1, -0.05) is 23.7 Å². The van der Waals surface area contributed by atoms with Crippen molar-refractivity contribution in [1.29, 1.82) is 0 Å². The average molecular weight is 382 g/mol. The van der Waals surface area contributed by atoms with E-state index < -0.39 is 36.5 Å². The van der Waals surface area contributed by atoms with E-state index in [-0.39, 0.29) is 53.5 Å². The SMILES string of the molecule is [2H]c1c([2H])c(Cl)c([2H])c(N2CCN(CCC([2H])([2H])n3nc4c([2H])c([2H])c([2H])c([2H])n4c3=O)CC2)c1[2H]. The van der Waals surface area contributed by atoms with Gasteiger partial charge >= 0.3 is 5.69 Å². The first-order chi connectivity index (χ1) is 16.8. The summed E-state index contributed by atoms with van der Waals surface area (Å²) < 4.78 is 81.4. The van der Waals surface area contributed by atoms with E-state index in [4.69, 9.17) is 25.3 Å². The van der Waals surface area contributed by atoms with Gasteiger partial charge in [0.05, 0.1) is 13.7 Å². The highest BCUT2D eigenvalue weighted by Gasteiger charge is 2.17. The smallest absolute Gasteiger partial charge is 0.350 e. The fraction of sp³-hybridized carbons (Fsp3) is 0.368. The molecule has 1 aliphatic heterocycles. The summed E-state index contributed by atoms with van der Waals surface area (Å²) >= 11 is 6.01. The van der Waals surface area contributed by atoms with E-state index >= 15 is 0 Å². The lowest BCUT2D eigenvalue weighted by Gasteiger charge is -2.36. The molecular formula is C19H22ClN5O. The zero-order valence-corrected chi connectivity index (χ0v) is 14.5. The Bertz CT molecular complexity index is 1390. The molecule has 0 aliphatic carbocycles. The fourth-order valence-corrected chi connectivity index (χ4v) is 2.94. The molecule has 0 saturated carbocycles. The minimum Gasteiger partial charge on any atom is -0.369 e. The highest BCUT2D eigenvalue weighted by molar-refractivity contribution is 6.30. The number of fused-ring (bicyclic) bond motifs is 1. The van der Waals surface area contributed by atoms with Crippen molar-refractivity contribution in [1.82, 2.24) is 19.1 Å². The van der Waals surface area contributed by atoms with E-state index in [2.05, 4.69) is 5.10 Å². The van der Waals surface area contributed by atoms with Gasteiger partial charge in [0.25, 0.3) is 0 Å². The second-order valence-electron chi connectivity index (χ2n) is 5.74. The number of piperazine rings is 1. The topological polar surface area (TPSA) is 45.8 Å². The molecule has 2 aromatic heterocycles. The van der Waals surface area contributed by atoms with Crippen molar-refractivity contribution in [2.75, 3.05) is 37.6 Å². The van der Waals surface area contributed by atoms with Gasteiger partial charge in [-0.25, -0.2) is 9.48 Å². The number of halogens is 1. The number of nitrogens with zero attached hydrogens (tertiary/aromatic N) is 5. The highest BCUT2D eigenvalue weighted by atomic mass is 35.5. The molecule has 1 fully saturated rings. The van der Waals surface area contributed by atoms with Crippen LogP contribution in [0.1, 0.15) is 20.1 Å². The maximum absolute atomic E-state index is 12.8. The third kappa shape index (κ3) is 3.61. The largest absolute Gasteiger partial charge is 0.369 e. The Kier molecular flexibility index (Phi) is 2.62. The summed E-state index contributed by atoms with van der Waals surface area (Å²) in [6, 6.07) is -2.82. The first-order valence-electron chi connectivity index (χ1n) is 13.1. The van der Waals surface area contributed by atoms with Crippen LogP contribution in [0.5, 0.6) is 0 Å². The standard InChI is InChI=1S/C19H22ClN5O/c20-16-5-3-6-17(15-16)23-13-11-22(12-14-23)8-4-10-25-19(26)24-9-2-1-7-18(24)21-25/h1-3,5-7,9,15H,4,8,10-14H2/i1D,2D,3D,5D,6D,7D,9D,10D2,15D. The lowest BCUT2D eigenvalue weighted by atomic mass is 10.2. The zero-order valence-electron chi connectivity index (χ0n) is 23.8. The lowest BCUT2D eigenvalue weighted by molar-refractivity contribution is 0.248. The molecule has 1 aromatic carbocycles. The summed E-state index contributed by atoms with van der Waals surface area (Å²) in [7, 11) is 0. The number of aromatic nitrogens is 3. The summed E-state index contributed by atoms with van der Waals surface area (Å²) in [5.41, 5.74) is -1.17. The summed E-state index contributed by atoms with van der Waals surface area (Å²) in [5.74, 6) is 0. The minimum absolute atomic E-state index is 0.150. The first kappa shape index (κ1) is 9.06. The number of aryl methyl sites for hydroxylation is 1. The molecule has 3 heterocycles. The van der Waals surface area contributed by atoms with Crippen molar-refractivity contribution in [2.24, 2.45) is 0 Å². The maximum atomic E-state index is 12.8. The van der Waals surface area contributed by atoms with Crippen molar-refractivity contribution >= 4 is 22.9 Å². The van der Waals surface area contributed by atoms with Crippen LogP contribution >= 0.6 is 11.6 Å². The molecule has 7 heteroatoms. The van der Waals surface area contributed by atoms with Crippen LogP contribution in [0.25, 0.3) is 5.65 Å². The molecule has 0 spiro atoms. The van der Waals surface area contributed by atoms with Crippen LogP contribution in [-0.4, -0.2) is 51.8 Å². The Morgan fingerprint density at radius 1 is 1.15 bits per heavy atom. The summed E-state index contributed by atoms with van der Waals surface area (Å²) in [6.45, 7) is -0.394. The van der Waals surface area contributed by atoms with E-state index in [1.165, 1.54) is 0 Å². The average Bonchev–Trinajstić information content (AvgIpc) is 3.21. The lowest BCUT2D eigenvalue weighted by Crippen LogP contribution is -2.46. The fourth-order valence-electron chi connectivity index (χ4n) is 2.80. The van der Waals surface area contributed by atoms with Gasteiger partial charge in [0.1, 0.15) is 0 Å². The van der Waals surface area contributed by atoms with Crippen LogP contribution in [0.3, 0.4) is 0 Å². The number of hydrogen-bond acceptors (Lipinski definition) is 4. The van der Waals surface area contributed by atoms with Gasteiger partial charge in [0.2, 0.25) is 0 Å².